The van der Waals surface area contributed by atoms with Crippen LogP contribution in [0, 0.1) is 22.7 Å². The number of fused-ring (bicyclic) bond motifs is 1. The molecule has 2 bridgehead atoms. The molecule has 4 fully saturated rings. The van der Waals surface area contributed by atoms with Gasteiger partial charge in [-0.25, -0.2) is 0 Å². The molecule has 32 heavy (non-hydrogen) atoms. The monoisotopic (exact) mass is 453 g/mol. The molecule has 2 aliphatic heterocycles. The second kappa shape index (κ2) is 7.14. The molecule has 2 aliphatic carbocycles. The zero-order valence-electron chi connectivity index (χ0n) is 19.6. The minimum absolute atomic E-state index is 0.00934. The van der Waals surface area contributed by atoms with Gasteiger partial charge < -0.3 is 29.7 Å². The SMILES string of the molecule is CC(C)(O)CC(OC(=O)C12CC3CC1C(OC2=O)C3OC(=O)C(C)(C)C1CN1)C(C)(C)O. The first-order chi connectivity index (χ1) is 14.6. The van der Waals surface area contributed by atoms with E-state index >= 15 is 0 Å². The van der Waals surface area contributed by atoms with Crippen LogP contribution in [0.1, 0.15) is 60.8 Å². The Labute approximate surface area is 188 Å². The topological polar surface area (TPSA) is 141 Å². The highest BCUT2D eigenvalue weighted by Gasteiger charge is 2.76. The highest BCUT2D eigenvalue weighted by Crippen LogP contribution is 2.63. The number of carbonyl (C=O) groups excluding carboxylic acids is 3. The lowest BCUT2D eigenvalue weighted by atomic mass is 9.73. The van der Waals surface area contributed by atoms with Gasteiger partial charge in [-0.1, -0.05) is 0 Å². The lowest BCUT2D eigenvalue weighted by Crippen LogP contribution is -2.50. The number of nitrogens with one attached hydrogen (secondary N) is 1. The largest absolute Gasteiger partial charge is 0.458 e. The predicted molar refractivity (Wildman–Crippen MR) is 111 cm³/mol. The number of hydrogen-bond donors (Lipinski definition) is 3. The van der Waals surface area contributed by atoms with Crippen LogP contribution in [0.4, 0.5) is 0 Å². The van der Waals surface area contributed by atoms with Crippen molar-refractivity contribution in [3.8, 4) is 0 Å². The number of aliphatic hydroxyl groups is 2. The van der Waals surface area contributed by atoms with Gasteiger partial charge >= 0.3 is 17.9 Å². The molecule has 4 aliphatic rings. The molecule has 4 rings (SSSR count). The van der Waals surface area contributed by atoms with Gasteiger partial charge in [0.15, 0.2) is 5.41 Å². The summed E-state index contributed by atoms with van der Waals surface area (Å²) in [5.41, 5.74) is -4.72. The Kier molecular flexibility index (Phi) is 5.23. The molecular formula is C23H35NO8. The third-order valence-electron chi connectivity index (χ3n) is 7.70. The van der Waals surface area contributed by atoms with Gasteiger partial charge in [0, 0.05) is 30.8 Å². The van der Waals surface area contributed by atoms with Crippen LogP contribution in [0.5, 0.6) is 0 Å². The lowest BCUT2D eigenvalue weighted by molar-refractivity contribution is -0.183. The Hall–Kier alpha value is -1.71. The molecule has 9 nitrogen and oxygen atoms in total. The molecule has 7 atom stereocenters. The van der Waals surface area contributed by atoms with Crippen molar-refractivity contribution in [3.05, 3.63) is 0 Å². The molecule has 0 aromatic carbocycles. The molecule has 0 radical (unpaired) electrons. The molecule has 9 heteroatoms. The van der Waals surface area contributed by atoms with Gasteiger partial charge in [0.1, 0.15) is 18.3 Å². The first kappa shape index (κ1) is 23.4. The van der Waals surface area contributed by atoms with Crippen LogP contribution in [0.15, 0.2) is 0 Å². The first-order valence-electron chi connectivity index (χ1n) is 11.4. The van der Waals surface area contributed by atoms with E-state index in [0.29, 0.717) is 6.42 Å². The highest BCUT2D eigenvalue weighted by molar-refractivity contribution is 6.03. The van der Waals surface area contributed by atoms with Crippen LogP contribution in [-0.2, 0) is 28.6 Å². The fraction of sp³-hybridized carbons (Fsp3) is 0.870. The summed E-state index contributed by atoms with van der Waals surface area (Å²) in [4.78, 5) is 39.0. The first-order valence-corrected chi connectivity index (χ1v) is 11.4. The van der Waals surface area contributed by atoms with Gasteiger partial charge in [-0.15, -0.1) is 0 Å². The van der Waals surface area contributed by atoms with Gasteiger partial charge in [-0.2, -0.15) is 0 Å². The van der Waals surface area contributed by atoms with Gasteiger partial charge in [-0.3, -0.25) is 14.4 Å². The van der Waals surface area contributed by atoms with Crippen molar-refractivity contribution in [2.24, 2.45) is 22.7 Å². The lowest BCUT2D eigenvalue weighted by Gasteiger charge is -2.36. The number of hydrogen-bond acceptors (Lipinski definition) is 9. The van der Waals surface area contributed by atoms with Crippen molar-refractivity contribution in [1.82, 2.24) is 5.32 Å². The molecule has 7 unspecified atom stereocenters. The summed E-state index contributed by atoms with van der Waals surface area (Å²) < 4.78 is 17.1. The summed E-state index contributed by atoms with van der Waals surface area (Å²) in [5.74, 6) is -2.34. The van der Waals surface area contributed by atoms with Gasteiger partial charge in [0.25, 0.3) is 0 Å². The zero-order chi connectivity index (χ0) is 23.9. The average molecular weight is 454 g/mol. The molecule has 0 spiro atoms. The maximum Gasteiger partial charge on any atom is 0.324 e. The smallest absolute Gasteiger partial charge is 0.324 e. The van der Waals surface area contributed by atoms with Crippen LogP contribution < -0.4 is 5.32 Å². The third-order valence-corrected chi connectivity index (χ3v) is 7.70. The van der Waals surface area contributed by atoms with E-state index in [0.717, 1.165) is 6.54 Å². The molecule has 0 aromatic heterocycles. The predicted octanol–water partition coefficient (Wildman–Crippen LogP) is 0.692. The van der Waals surface area contributed by atoms with E-state index in [2.05, 4.69) is 5.32 Å². The van der Waals surface area contributed by atoms with E-state index in [-0.39, 0.29) is 30.8 Å². The van der Waals surface area contributed by atoms with Gasteiger partial charge in [0.05, 0.1) is 16.6 Å². The summed E-state index contributed by atoms with van der Waals surface area (Å²) >= 11 is 0. The minimum atomic E-state index is -1.45. The highest BCUT2D eigenvalue weighted by atomic mass is 16.6. The van der Waals surface area contributed by atoms with Crippen LogP contribution in [0.25, 0.3) is 0 Å². The molecule has 0 amide bonds. The summed E-state index contributed by atoms with van der Waals surface area (Å²) in [6.07, 6.45) is -1.52. The maximum absolute atomic E-state index is 13.3. The molecule has 0 aromatic rings. The number of esters is 3. The Morgan fingerprint density at radius 3 is 2.38 bits per heavy atom. The number of ether oxygens (including phenoxy) is 3. The van der Waals surface area contributed by atoms with Crippen molar-refractivity contribution in [3.63, 3.8) is 0 Å². The Bertz CT molecular complexity index is 821. The Balaban J connectivity index is 1.50. The maximum atomic E-state index is 13.3. The van der Waals surface area contributed by atoms with Crippen molar-refractivity contribution >= 4 is 17.9 Å². The van der Waals surface area contributed by atoms with Crippen LogP contribution in [0.2, 0.25) is 0 Å². The molecule has 2 saturated heterocycles. The van der Waals surface area contributed by atoms with E-state index in [1.807, 2.05) is 13.8 Å². The van der Waals surface area contributed by atoms with Gasteiger partial charge in [-0.05, 0) is 54.4 Å². The average Bonchev–Trinajstić information content (AvgIpc) is 3.31. The minimum Gasteiger partial charge on any atom is -0.458 e. The molecular weight excluding hydrogens is 418 g/mol. The summed E-state index contributed by atoms with van der Waals surface area (Å²) in [7, 11) is 0. The van der Waals surface area contributed by atoms with Crippen molar-refractivity contribution in [1.29, 1.82) is 0 Å². The van der Waals surface area contributed by atoms with Crippen molar-refractivity contribution in [2.45, 2.75) is 96.4 Å². The Morgan fingerprint density at radius 2 is 1.84 bits per heavy atom. The summed E-state index contributed by atoms with van der Waals surface area (Å²) in [5, 5.41) is 23.8. The van der Waals surface area contributed by atoms with Crippen LogP contribution in [0.3, 0.4) is 0 Å². The fourth-order valence-electron chi connectivity index (χ4n) is 5.54. The molecule has 2 saturated carbocycles. The number of rotatable bonds is 8. The van der Waals surface area contributed by atoms with E-state index in [9.17, 15) is 24.6 Å². The van der Waals surface area contributed by atoms with Crippen molar-refractivity contribution < 1.29 is 38.8 Å². The summed E-state index contributed by atoms with van der Waals surface area (Å²) in [6.45, 7) is 10.5. The normalized spacial score (nSPS) is 36.6. The molecule has 180 valence electrons. The third kappa shape index (κ3) is 3.72. The van der Waals surface area contributed by atoms with E-state index < -0.39 is 58.2 Å². The van der Waals surface area contributed by atoms with E-state index in [1.165, 1.54) is 13.8 Å². The van der Waals surface area contributed by atoms with E-state index in [4.69, 9.17) is 14.2 Å². The summed E-state index contributed by atoms with van der Waals surface area (Å²) in [6, 6.07) is 0.0725. The van der Waals surface area contributed by atoms with Crippen LogP contribution in [-0.4, -0.2) is 70.2 Å². The fourth-order valence-corrected chi connectivity index (χ4v) is 5.54. The Morgan fingerprint density at radius 1 is 1.22 bits per heavy atom. The van der Waals surface area contributed by atoms with E-state index in [1.54, 1.807) is 13.8 Å². The quantitative estimate of drug-likeness (QED) is 0.209. The molecule has 3 N–H and O–H groups in total. The second-order valence-corrected chi connectivity index (χ2v) is 11.8. The van der Waals surface area contributed by atoms with Gasteiger partial charge in [0.2, 0.25) is 0 Å². The molecule has 2 heterocycles. The van der Waals surface area contributed by atoms with Crippen LogP contribution >= 0.6 is 0 Å². The number of carbonyl (C=O) groups is 3. The zero-order valence-corrected chi connectivity index (χ0v) is 19.6. The van der Waals surface area contributed by atoms with Crippen molar-refractivity contribution in [2.75, 3.05) is 6.54 Å². The standard InChI is InChI=1S/C23H35NO8/c1-20(2,28)9-14(22(5,6)29)30-18(26)23-8-11-7-12(23)16(32-19(23)27)15(11)31-17(25)21(3,4)13-10-24-13/h11-16,24,28-29H,7-10H2,1-6H3. The second-order valence-electron chi connectivity index (χ2n) is 11.8.